The highest BCUT2D eigenvalue weighted by Gasteiger charge is 2.15. The van der Waals surface area contributed by atoms with Crippen LogP contribution in [0, 0.1) is 0 Å². The van der Waals surface area contributed by atoms with Crippen molar-refractivity contribution in [2.24, 2.45) is 0 Å². The molecule has 20 heavy (non-hydrogen) atoms. The van der Waals surface area contributed by atoms with Gasteiger partial charge in [0.1, 0.15) is 0 Å². The molecule has 2 atom stereocenters. The van der Waals surface area contributed by atoms with Crippen molar-refractivity contribution in [3.63, 3.8) is 0 Å². The average Bonchev–Trinajstić information content (AvgIpc) is 2.98. The quantitative estimate of drug-likeness (QED) is 0.654. The Balaban J connectivity index is 1.46. The molecule has 5 heteroatoms. The normalized spacial score (nSPS) is 20.1. The van der Waals surface area contributed by atoms with Gasteiger partial charge in [0.05, 0.1) is 25.4 Å². The molecule has 112 valence electrons. The zero-order chi connectivity index (χ0) is 14.0. The molecular weight excluding hydrogens is 256 g/mol. The summed E-state index contributed by atoms with van der Waals surface area (Å²) in [6, 6.07) is 3.99. The Bertz CT molecular complexity index is 355. The zero-order valence-electron chi connectivity index (χ0n) is 11.8. The lowest BCUT2D eigenvalue weighted by Crippen LogP contribution is -2.32. The first-order valence-corrected chi connectivity index (χ1v) is 7.31. The highest BCUT2D eigenvalue weighted by molar-refractivity contribution is 5.08. The van der Waals surface area contributed by atoms with Crippen LogP contribution in [0.3, 0.4) is 0 Å². The number of nitrogens with zero attached hydrogens (tertiary/aromatic N) is 1. The maximum atomic E-state index is 9.78. The van der Waals surface area contributed by atoms with Crippen LogP contribution in [0.25, 0.3) is 0 Å². The predicted octanol–water partition coefficient (Wildman–Crippen LogP) is 0.770. The first-order chi connectivity index (χ1) is 9.84. The lowest BCUT2D eigenvalue weighted by molar-refractivity contribution is -0.0163. The minimum Gasteiger partial charge on any atom is -0.389 e. The van der Waals surface area contributed by atoms with Gasteiger partial charge in [-0.25, -0.2) is 0 Å². The number of ether oxygens (including phenoxy) is 2. The van der Waals surface area contributed by atoms with Crippen molar-refractivity contribution < 1.29 is 14.6 Å². The maximum absolute atomic E-state index is 9.78. The van der Waals surface area contributed by atoms with Crippen molar-refractivity contribution in [1.29, 1.82) is 0 Å². The molecule has 1 aliphatic heterocycles. The summed E-state index contributed by atoms with van der Waals surface area (Å²) in [6.07, 6.45) is 6.49. The Kier molecular flexibility index (Phi) is 6.94. The van der Waals surface area contributed by atoms with E-state index in [0.717, 1.165) is 32.4 Å². The lowest BCUT2D eigenvalue weighted by atomic mass is 10.2. The highest BCUT2D eigenvalue weighted by atomic mass is 16.5. The van der Waals surface area contributed by atoms with Crippen molar-refractivity contribution in [3.05, 3.63) is 30.1 Å². The molecule has 0 radical (unpaired) electrons. The van der Waals surface area contributed by atoms with Gasteiger partial charge in [-0.3, -0.25) is 4.98 Å². The number of hydrogen-bond donors (Lipinski definition) is 2. The van der Waals surface area contributed by atoms with Crippen LogP contribution in [0.4, 0.5) is 0 Å². The molecule has 1 aromatic rings. The van der Waals surface area contributed by atoms with Crippen LogP contribution < -0.4 is 5.32 Å². The second-order valence-corrected chi connectivity index (χ2v) is 5.14. The number of pyridine rings is 1. The Labute approximate surface area is 120 Å². The van der Waals surface area contributed by atoms with Gasteiger partial charge in [0.15, 0.2) is 0 Å². The molecule has 1 aromatic heterocycles. The van der Waals surface area contributed by atoms with E-state index in [1.807, 2.05) is 12.3 Å². The number of aliphatic hydroxyl groups is 1. The van der Waals surface area contributed by atoms with E-state index in [0.29, 0.717) is 19.8 Å². The number of aromatic nitrogens is 1. The summed E-state index contributed by atoms with van der Waals surface area (Å²) >= 11 is 0. The first kappa shape index (κ1) is 15.4. The SMILES string of the molecule is OC(CNCCc1cccnc1)COCC1CCCO1. The second-order valence-electron chi connectivity index (χ2n) is 5.14. The summed E-state index contributed by atoms with van der Waals surface area (Å²) < 4.78 is 10.9. The van der Waals surface area contributed by atoms with Crippen LogP contribution in [0.15, 0.2) is 24.5 Å². The zero-order valence-corrected chi connectivity index (χ0v) is 11.8. The van der Waals surface area contributed by atoms with Crippen molar-refractivity contribution in [2.75, 3.05) is 32.9 Å². The summed E-state index contributed by atoms with van der Waals surface area (Å²) in [5.41, 5.74) is 1.20. The standard InChI is InChI=1S/C15H24N2O3/c18-14(11-19-12-15-4-2-8-20-15)10-17-7-5-13-3-1-6-16-9-13/h1,3,6,9,14-15,17-18H,2,4-5,7-8,10-12H2. The fraction of sp³-hybridized carbons (Fsp3) is 0.667. The average molecular weight is 280 g/mol. The monoisotopic (exact) mass is 280 g/mol. The Morgan fingerprint density at radius 2 is 2.50 bits per heavy atom. The molecule has 5 nitrogen and oxygen atoms in total. The fourth-order valence-electron chi connectivity index (χ4n) is 2.22. The Morgan fingerprint density at radius 3 is 3.25 bits per heavy atom. The van der Waals surface area contributed by atoms with Gasteiger partial charge in [0, 0.05) is 25.5 Å². The van der Waals surface area contributed by atoms with E-state index in [1.165, 1.54) is 5.56 Å². The van der Waals surface area contributed by atoms with Gasteiger partial charge in [-0.15, -0.1) is 0 Å². The van der Waals surface area contributed by atoms with Crippen molar-refractivity contribution >= 4 is 0 Å². The summed E-state index contributed by atoms with van der Waals surface area (Å²) in [6.45, 7) is 3.17. The Hall–Kier alpha value is -1.01. The number of nitrogens with one attached hydrogen (secondary N) is 1. The number of hydrogen-bond acceptors (Lipinski definition) is 5. The van der Waals surface area contributed by atoms with Gasteiger partial charge < -0.3 is 19.9 Å². The van der Waals surface area contributed by atoms with E-state index >= 15 is 0 Å². The van der Waals surface area contributed by atoms with Crippen LogP contribution in [0.1, 0.15) is 18.4 Å². The molecule has 0 spiro atoms. The van der Waals surface area contributed by atoms with Gasteiger partial charge >= 0.3 is 0 Å². The molecule has 2 unspecified atom stereocenters. The minimum atomic E-state index is -0.467. The summed E-state index contributed by atoms with van der Waals surface area (Å²) in [7, 11) is 0. The molecule has 1 fully saturated rings. The number of rotatable bonds is 9. The smallest absolute Gasteiger partial charge is 0.0897 e. The van der Waals surface area contributed by atoms with E-state index in [-0.39, 0.29) is 6.10 Å². The van der Waals surface area contributed by atoms with Crippen molar-refractivity contribution in [1.82, 2.24) is 10.3 Å². The second kappa shape index (κ2) is 9.02. The van der Waals surface area contributed by atoms with Crippen molar-refractivity contribution in [2.45, 2.75) is 31.5 Å². The minimum absolute atomic E-state index is 0.223. The van der Waals surface area contributed by atoms with Crippen LogP contribution in [-0.2, 0) is 15.9 Å². The van der Waals surface area contributed by atoms with Gasteiger partial charge in [0.25, 0.3) is 0 Å². The van der Waals surface area contributed by atoms with Crippen LogP contribution in [0.5, 0.6) is 0 Å². The van der Waals surface area contributed by atoms with Gasteiger partial charge in [0.2, 0.25) is 0 Å². The van der Waals surface area contributed by atoms with E-state index in [2.05, 4.69) is 16.4 Å². The topological polar surface area (TPSA) is 63.6 Å². The molecule has 2 rings (SSSR count). The Morgan fingerprint density at radius 1 is 1.55 bits per heavy atom. The van der Waals surface area contributed by atoms with E-state index in [9.17, 15) is 5.11 Å². The van der Waals surface area contributed by atoms with E-state index in [1.54, 1.807) is 6.20 Å². The van der Waals surface area contributed by atoms with Gasteiger partial charge in [-0.05, 0) is 37.4 Å². The molecule has 0 amide bonds. The predicted molar refractivity (Wildman–Crippen MR) is 76.6 cm³/mol. The van der Waals surface area contributed by atoms with Gasteiger partial charge in [-0.1, -0.05) is 6.07 Å². The van der Waals surface area contributed by atoms with Crippen LogP contribution in [0.2, 0.25) is 0 Å². The summed E-state index contributed by atoms with van der Waals surface area (Å²) in [4.78, 5) is 4.07. The number of aliphatic hydroxyl groups excluding tert-OH is 1. The lowest BCUT2D eigenvalue weighted by Gasteiger charge is -2.14. The molecule has 2 heterocycles. The third-order valence-electron chi connectivity index (χ3n) is 3.33. The van der Waals surface area contributed by atoms with E-state index in [4.69, 9.17) is 9.47 Å². The molecule has 0 aliphatic carbocycles. The van der Waals surface area contributed by atoms with Crippen LogP contribution in [-0.4, -0.2) is 55.2 Å². The van der Waals surface area contributed by atoms with E-state index < -0.39 is 6.10 Å². The molecular formula is C15H24N2O3. The summed E-state index contributed by atoms with van der Waals surface area (Å²) in [5.74, 6) is 0. The molecule has 0 bridgehead atoms. The van der Waals surface area contributed by atoms with Gasteiger partial charge in [-0.2, -0.15) is 0 Å². The third kappa shape index (κ3) is 5.96. The van der Waals surface area contributed by atoms with Crippen molar-refractivity contribution in [3.8, 4) is 0 Å². The molecule has 0 saturated carbocycles. The third-order valence-corrected chi connectivity index (χ3v) is 3.33. The molecule has 2 N–H and O–H groups in total. The molecule has 1 saturated heterocycles. The molecule has 0 aromatic carbocycles. The molecule has 1 aliphatic rings. The highest BCUT2D eigenvalue weighted by Crippen LogP contribution is 2.11. The summed E-state index contributed by atoms with van der Waals surface area (Å²) in [5, 5.41) is 13.0. The largest absolute Gasteiger partial charge is 0.389 e. The maximum Gasteiger partial charge on any atom is 0.0897 e. The fourth-order valence-corrected chi connectivity index (χ4v) is 2.22. The van der Waals surface area contributed by atoms with Crippen LogP contribution >= 0.6 is 0 Å². The first-order valence-electron chi connectivity index (χ1n) is 7.31.